The van der Waals surface area contributed by atoms with Gasteiger partial charge in [-0.1, -0.05) is 26.6 Å². The van der Waals surface area contributed by atoms with Crippen LogP contribution >= 0.6 is 0 Å². The maximum Gasteiger partial charge on any atom is 0.198 e. The van der Waals surface area contributed by atoms with Crippen LogP contribution in [0.3, 0.4) is 0 Å². The Morgan fingerprint density at radius 3 is 2.65 bits per heavy atom. The zero-order valence-electron chi connectivity index (χ0n) is 14.7. The van der Waals surface area contributed by atoms with E-state index in [9.17, 15) is 4.79 Å². The highest BCUT2D eigenvalue weighted by atomic mass is 28.3. The third kappa shape index (κ3) is 4.42. The van der Waals surface area contributed by atoms with Crippen molar-refractivity contribution < 1.29 is 14.3 Å². The zero-order valence-corrected chi connectivity index (χ0v) is 15.7. The quantitative estimate of drug-likeness (QED) is 0.417. The van der Waals surface area contributed by atoms with Crippen LogP contribution in [0, 0.1) is 0 Å². The standard InChI is InChI=1S/C17H26N2O3Si/c1-6-16(20)17-18-14-11-13(21-2)7-8-15(14)19(17)12-22-9-10-23(3,4)5/h7-8,11H,6,9-10,12H2,1-5H3. The van der Waals surface area contributed by atoms with E-state index in [1.54, 1.807) is 7.11 Å². The van der Waals surface area contributed by atoms with Crippen LogP contribution in [0.1, 0.15) is 24.0 Å². The average molecular weight is 334 g/mol. The molecule has 0 fully saturated rings. The van der Waals surface area contributed by atoms with E-state index in [4.69, 9.17) is 9.47 Å². The van der Waals surface area contributed by atoms with Gasteiger partial charge in [0.05, 0.1) is 18.1 Å². The van der Waals surface area contributed by atoms with Gasteiger partial charge in [0.1, 0.15) is 12.5 Å². The molecule has 1 aromatic heterocycles. The van der Waals surface area contributed by atoms with Crippen molar-refractivity contribution in [2.75, 3.05) is 13.7 Å². The zero-order chi connectivity index (χ0) is 17.0. The second kappa shape index (κ2) is 7.27. The molecule has 0 radical (unpaired) electrons. The number of carbonyl (C=O) groups excluding carboxylic acids is 1. The molecule has 0 unspecified atom stereocenters. The summed E-state index contributed by atoms with van der Waals surface area (Å²) in [5, 5.41) is 0. The molecule has 0 saturated carbocycles. The SMILES string of the molecule is CCC(=O)c1nc2cc(OC)ccc2n1COCC[Si](C)(C)C. The summed E-state index contributed by atoms with van der Waals surface area (Å²) in [4.78, 5) is 16.7. The predicted molar refractivity (Wildman–Crippen MR) is 95.0 cm³/mol. The van der Waals surface area contributed by atoms with Gasteiger partial charge >= 0.3 is 0 Å². The normalized spacial score (nSPS) is 11.9. The van der Waals surface area contributed by atoms with Gasteiger partial charge in [0.25, 0.3) is 0 Å². The van der Waals surface area contributed by atoms with Gasteiger partial charge in [-0.2, -0.15) is 0 Å². The highest BCUT2D eigenvalue weighted by Gasteiger charge is 2.17. The molecule has 5 nitrogen and oxygen atoms in total. The first kappa shape index (κ1) is 17.7. The molecular weight excluding hydrogens is 308 g/mol. The van der Waals surface area contributed by atoms with Crippen molar-refractivity contribution in [1.29, 1.82) is 0 Å². The number of fused-ring (bicyclic) bond motifs is 1. The number of rotatable bonds is 8. The number of imidazole rings is 1. The number of nitrogens with zero attached hydrogens (tertiary/aromatic N) is 2. The van der Waals surface area contributed by atoms with Gasteiger partial charge in [0.2, 0.25) is 0 Å². The lowest BCUT2D eigenvalue weighted by Gasteiger charge is -2.16. The van der Waals surface area contributed by atoms with Crippen LogP contribution in [0.4, 0.5) is 0 Å². The number of carbonyl (C=O) groups is 1. The molecule has 0 spiro atoms. The van der Waals surface area contributed by atoms with E-state index in [2.05, 4.69) is 24.6 Å². The number of ether oxygens (including phenoxy) is 2. The van der Waals surface area contributed by atoms with Gasteiger partial charge in [-0.05, 0) is 18.2 Å². The first-order valence-electron chi connectivity index (χ1n) is 8.01. The fraction of sp³-hybridized carbons (Fsp3) is 0.529. The van der Waals surface area contributed by atoms with Crippen molar-refractivity contribution in [2.24, 2.45) is 0 Å². The second-order valence-corrected chi connectivity index (χ2v) is 12.5. The number of Topliss-reactive ketones (excluding diaryl/α,β-unsaturated/α-hetero) is 1. The van der Waals surface area contributed by atoms with E-state index in [0.29, 0.717) is 25.6 Å². The van der Waals surface area contributed by atoms with Crippen LogP contribution in [0.25, 0.3) is 11.0 Å². The molecular formula is C17H26N2O3Si. The molecule has 0 saturated heterocycles. The molecule has 6 heteroatoms. The van der Waals surface area contributed by atoms with Crippen LogP contribution in [-0.4, -0.2) is 37.1 Å². The summed E-state index contributed by atoms with van der Waals surface area (Å²) in [6.07, 6.45) is 0.426. The Labute approximate surface area is 138 Å². The average Bonchev–Trinajstić information content (AvgIpc) is 2.87. The van der Waals surface area contributed by atoms with Crippen molar-refractivity contribution in [1.82, 2.24) is 9.55 Å². The Bertz CT molecular complexity index is 689. The smallest absolute Gasteiger partial charge is 0.198 e. The molecule has 0 N–H and O–H groups in total. The Balaban J connectivity index is 2.26. The van der Waals surface area contributed by atoms with Crippen molar-refractivity contribution in [3.63, 3.8) is 0 Å². The Kier molecular flexibility index (Phi) is 5.59. The highest BCUT2D eigenvalue weighted by Crippen LogP contribution is 2.23. The van der Waals surface area contributed by atoms with E-state index >= 15 is 0 Å². The summed E-state index contributed by atoms with van der Waals surface area (Å²) in [5.41, 5.74) is 1.66. The molecule has 2 aromatic rings. The van der Waals surface area contributed by atoms with Crippen LogP contribution in [0.2, 0.25) is 25.7 Å². The molecule has 1 aromatic carbocycles. The lowest BCUT2D eigenvalue weighted by atomic mass is 10.3. The molecule has 126 valence electrons. The molecule has 0 atom stereocenters. The van der Waals surface area contributed by atoms with Crippen LogP contribution < -0.4 is 4.74 Å². The number of methoxy groups -OCH3 is 1. The van der Waals surface area contributed by atoms with Crippen molar-refractivity contribution in [3.8, 4) is 5.75 Å². The Morgan fingerprint density at radius 2 is 2.04 bits per heavy atom. The summed E-state index contributed by atoms with van der Waals surface area (Å²) >= 11 is 0. The maximum absolute atomic E-state index is 12.2. The minimum absolute atomic E-state index is 0.0222. The fourth-order valence-corrected chi connectivity index (χ4v) is 3.03. The van der Waals surface area contributed by atoms with E-state index in [0.717, 1.165) is 22.8 Å². The van der Waals surface area contributed by atoms with Crippen LogP contribution in [0.15, 0.2) is 18.2 Å². The van der Waals surface area contributed by atoms with Crippen LogP contribution in [-0.2, 0) is 11.5 Å². The first-order valence-corrected chi connectivity index (χ1v) is 11.7. The van der Waals surface area contributed by atoms with Gasteiger partial charge in [-0.25, -0.2) is 4.98 Å². The van der Waals surface area contributed by atoms with Crippen molar-refractivity contribution in [3.05, 3.63) is 24.0 Å². The molecule has 23 heavy (non-hydrogen) atoms. The minimum Gasteiger partial charge on any atom is -0.497 e. The third-order valence-electron chi connectivity index (χ3n) is 3.74. The van der Waals surface area contributed by atoms with E-state index < -0.39 is 8.07 Å². The summed E-state index contributed by atoms with van der Waals surface area (Å²) in [6, 6.07) is 6.75. The highest BCUT2D eigenvalue weighted by molar-refractivity contribution is 6.76. The van der Waals surface area contributed by atoms with Crippen molar-refractivity contribution >= 4 is 24.9 Å². The molecule has 0 bridgehead atoms. The Morgan fingerprint density at radius 1 is 1.30 bits per heavy atom. The minimum atomic E-state index is -1.12. The predicted octanol–water partition coefficient (Wildman–Crippen LogP) is 3.95. The lowest BCUT2D eigenvalue weighted by Crippen LogP contribution is -2.22. The molecule has 0 aliphatic rings. The van der Waals surface area contributed by atoms with Crippen LogP contribution in [0.5, 0.6) is 5.75 Å². The second-order valence-electron chi connectivity index (χ2n) is 6.84. The maximum atomic E-state index is 12.2. The van der Waals surface area contributed by atoms with E-state index in [1.165, 1.54) is 0 Å². The molecule has 0 aliphatic carbocycles. The molecule has 0 amide bonds. The Hall–Kier alpha value is -1.66. The van der Waals surface area contributed by atoms with Crippen molar-refractivity contribution in [2.45, 2.75) is 45.8 Å². The van der Waals surface area contributed by atoms with E-state index in [-0.39, 0.29) is 5.78 Å². The summed E-state index contributed by atoms with van der Waals surface area (Å²) < 4.78 is 12.9. The largest absolute Gasteiger partial charge is 0.497 e. The van der Waals surface area contributed by atoms with Gasteiger partial charge in [-0.15, -0.1) is 0 Å². The summed E-state index contributed by atoms with van der Waals surface area (Å²) in [7, 11) is 0.500. The van der Waals surface area contributed by atoms with Gasteiger partial charge in [-0.3, -0.25) is 9.36 Å². The van der Waals surface area contributed by atoms with Gasteiger partial charge in [0, 0.05) is 27.2 Å². The number of hydrogen-bond acceptors (Lipinski definition) is 4. The topological polar surface area (TPSA) is 53.3 Å². The van der Waals surface area contributed by atoms with E-state index in [1.807, 2.05) is 29.7 Å². The number of benzene rings is 1. The summed E-state index contributed by atoms with van der Waals surface area (Å²) in [5.74, 6) is 1.22. The number of aromatic nitrogens is 2. The fourth-order valence-electron chi connectivity index (χ4n) is 2.27. The summed E-state index contributed by atoms with van der Waals surface area (Å²) in [6.45, 7) is 9.88. The lowest BCUT2D eigenvalue weighted by molar-refractivity contribution is 0.0818. The number of ketones is 1. The third-order valence-corrected chi connectivity index (χ3v) is 5.45. The first-order chi connectivity index (χ1) is 10.9. The van der Waals surface area contributed by atoms with Gasteiger partial charge in [0.15, 0.2) is 11.6 Å². The van der Waals surface area contributed by atoms with Gasteiger partial charge < -0.3 is 9.47 Å². The molecule has 0 aliphatic heterocycles. The molecule has 1 heterocycles. The monoisotopic (exact) mass is 334 g/mol. The molecule has 2 rings (SSSR count). The number of hydrogen-bond donors (Lipinski definition) is 0.